The Kier molecular flexibility index (Phi) is 5.75. The molecule has 1 fully saturated rings. The van der Waals surface area contributed by atoms with Gasteiger partial charge in [0.2, 0.25) is 0 Å². The van der Waals surface area contributed by atoms with E-state index in [-0.39, 0.29) is 17.9 Å². The highest BCUT2D eigenvalue weighted by molar-refractivity contribution is 5.94. The molecule has 0 saturated carbocycles. The molecule has 0 bridgehead atoms. The second kappa shape index (κ2) is 8.63. The highest BCUT2D eigenvalue weighted by Crippen LogP contribution is 2.27. The maximum absolute atomic E-state index is 12.7. The lowest BCUT2D eigenvalue weighted by Crippen LogP contribution is -2.37. The topological polar surface area (TPSA) is 92.1 Å². The third-order valence-electron chi connectivity index (χ3n) is 5.48. The van der Waals surface area contributed by atoms with E-state index in [1.54, 1.807) is 44.4 Å². The van der Waals surface area contributed by atoms with E-state index < -0.39 is 0 Å². The Morgan fingerprint density at radius 1 is 1.23 bits per heavy atom. The first-order valence-electron chi connectivity index (χ1n) is 10.2. The fourth-order valence-corrected chi connectivity index (χ4v) is 3.82. The summed E-state index contributed by atoms with van der Waals surface area (Å²) in [6.07, 6.45) is 2.58. The first-order valence-corrected chi connectivity index (χ1v) is 10.2. The van der Waals surface area contributed by atoms with Gasteiger partial charge in [0.1, 0.15) is 11.6 Å². The molecule has 1 aromatic carbocycles. The highest BCUT2D eigenvalue weighted by Gasteiger charge is 2.31. The Morgan fingerprint density at radius 2 is 2.06 bits per heavy atom. The number of urea groups is 1. The smallest absolute Gasteiger partial charge is 0.319 e. The molecule has 3 aromatic rings. The van der Waals surface area contributed by atoms with Crippen molar-refractivity contribution in [2.24, 2.45) is 0 Å². The predicted molar refractivity (Wildman–Crippen MR) is 115 cm³/mol. The van der Waals surface area contributed by atoms with E-state index in [4.69, 9.17) is 4.74 Å². The zero-order chi connectivity index (χ0) is 22.0. The average molecular weight is 422 g/mol. The second-order valence-corrected chi connectivity index (χ2v) is 7.85. The lowest BCUT2D eigenvalue weighted by molar-refractivity contribution is 0.0950. The number of ether oxygens (including phenoxy) is 1. The van der Waals surface area contributed by atoms with Crippen molar-refractivity contribution in [3.05, 3.63) is 59.5 Å². The summed E-state index contributed by atoms with van der Waals surface area (Å²) in [6.45, 7) is 1.66. The molecule has 0 spiro atoms. The minimum Gasteiger partial charge on any atom is -0.497 e. The zero-order valence-electron chi connectivity index (χ0n) is 17.9. The molecule has 0 aliphatic carbocycles. The van der Waals surface area contributed by atoms with E-state index in [1.807, 2.05) is 33.6 Å². The first kappa shape index (κ1) is 20.6. The van der Waals surface area contributed by atoms with Crippen molar-refractivity contribution in [3.8, 4) is 5.75 Å². The van der Waals surface area contributed by atoms with Crippen molar-refractivity contribution in [2.45, 2.75) is 18.9 Å². The zero-order valence-corrected chi connectivity index (χ0v) is 17.9. The summed E-state index contributed by atoms with van der Waals surface area (Å²) in [5.41, 5.74) is 2.16. The number of benzene rings is 1. The molecular formula is C22H26N6O3. The van der Waals surface area contributed by atoms with E-state index in [0.717, 1.165) is 23.6 Å². The van der Waals surface area contributed by atoms with Crippen LogP contribution in [0.25, 0.3) is 5.65 Å². The van der Waals surface area contributed by atoms with E-state index in [1.165, 1.54) is 0 Å². The number of carbonyl (C=O) groups is 2. The number of carbonyl (C=O) groups excluding carboxylic acids is 2. The fraction of sp³-hybridized carbons (Fsp3) is 0.364. The maximum atomic E-state index is 12.7. The molecule has 162 valence electrons. The van der Waals surface area contributed by atoms with Gasteiger partial charge in [-0.2, -0.15) is 0 Å². The molecule has 3 heterocycles. The standard InChI is InChI=1S/C22H26N6O3/c1-26(2)22(30)27-10-9-16(13-27)20-25-24-19-8-7-17(14-28(19)20)21(29)23-12-15-5-4-6-18(11-15)31-3/h4-8,11,14,16H,9-10,12-13H2,1-3H3,(H,23,29)/t16-/m1/s1. The Hall–Kier alpha value is -3.62. The molecule has 2 aromatic heterocycles. The molecule has 1 aliphatic heterocycles. The number of fused-ring (bicyclic) bond motifs is 1. The van der Waals surface area contributed by atoms with Crippen molar-refractivity contribution in [2.75, 3.05) is 34.3 Å². The van der Waals surface area contributed by atoms with Crippen LogP contribution in [0.5, 0.6) is 5.75 Å². The van der Waals surface area contributed by atoms with Crippen LogP contribution >= 0.6 is 0 Å². The van der Waals surface area contributed by atoms with Crippen LogP contribution in [0.1, 0.15) is 34.1 Å². The summed E-state index contributed by atoms with van der Waals surface area (Å²) in [6, 6.07) is 11.1. The van der Waals surface area contributed by atoms with Gasteiger partial charge in [-0.25, -0.2) is 4.79 Å². The van der Waals surface area contributed by atoms with Gasteiger partial charge in [-0.15, -0.1) is 10.2 Å². The van der Waals surface area contributed by atoms with E-state index in [0.29, 0.717) is 30.8 Å². The highest BCUT2D eigenvalue weighted by atomic mass is 16.5. The van der Waals surface area contributed by atoms with Crippen LogP contribution in [0, 0.1) is 0 Å². The van der Waals surface area contributed by atoms with Crippen molar-refractivity contribution >= 4 is 17.6 Å². The summed E-state index contributed by atoms with van der Waals surface area (Å²) in [5.74, 6) is 1.42. The number of hydrogen-bond donors (Lipinski definition) is 1. The number of rotatable bonds is 5. The molecule has 1 aliphatic rings. The number of amides is 3. The molecule has 9 heteroatoms. The van der Waals surface area contributed by atoms with E-state index >= 15 is 0 Å². The summed E-state index contributed by atoms with van der Waals surface area (Å²) in [4.78, 5) is 28.4. The second-order valence-electron chi connectivity index (χ2n) is 7.85. The van der Waals surface area contributed by atoms with Crippen molar-refractivity contribution in [3.63, 3.8) is 0 Å². The van der Waals surface area contributed by atoms with Crippen LogP contribution in [-0.4, -0.2) is 70.6 Å². The lowest BCUT2D eigenvalue weighted by Gasteiger charge is -2.21. The third kappa shape index (κ3) is 4.30. The number of methoxy groups -OCH3 is 1. The fourth-order valence-electron chi connectivity index (χ4n) is 3.82. The van der Waals surface area contributed by atoms with Gasteiger partial charge in [-0.05, 0) is 36.2 Å². The van der Waals surface area contributed by atoms with Gasteiger partial charge >= 0.3 is 6.03 Å². The van der Waals surface area contributed by atoms with Crippen LogP contribution in [-0.2, 0) is 6.54 Å². The Labute approximate surface area is 180 Å². The SMILES string of the molecule is COc1cccc(CNC(=O)c2ccc3nnc([C@@H]4CCN(C(=O)N(C)C)C4)n3c2)c1. The minimum atomic E-state index is -0.180. The average Bonchev–Trinajstić information content (AvgIpc) is 3.43. The number of nitrogens with one attached hydrogen (secondary N) is 1. The summed E-state index contributed by atoms with van der Waals surface area (Å²) < 4.78 is 7.08. The summed E-state index contributed by atoms with van der Waals surface area (Å²) >= 11 is 0. The Morgan fingerprint density at radius 3 is 2.84 bits per heavy atom. The van der Waals surface area contributed by atoms with Gasteiger partial charge in [0, 0.05) is 45.8 Å². The Balaban J connectivity index is 1.49. The van der Waals surface area contributed by atoms with Gasteiger partial charge in [0.05, 0.1) is 12.7 Å². The van der Waals surface area contributed by atoms with Gasteiger partial charge in [-0.1, -0.05) is 12.1 Å². The normalized spacial score (nSPS) is 15.8. The van der Waals surface area contributed by atoms with Gasteiger partial charge < -0.3 is 19.9 Å². The molecule has 1 saturated heterocycles. The van der Waals surface area contributed by atoms with Crippen molar-refractivity contribution < 1.29 is 14.3 Å². The van der Waals surface area contributed by atoms with Gasteiger partial charge in [0.15, 0.2) is 5.65 Å². The number of pyridine rings is 1. The van der Waals surface area contributed by atoms with Crippen LogP contribution in [0.4, 0.5) is 4.79 Å². The minimum absolute atomic E-state index is 0.00562. The van der Waals surface area contributed by atoms with Gasteiger partial charge in [0.25, 0.3) is 5.91 Å². The third-order valence-corrected chi connectivity index (χ3v) is 5.48. The number of likely N-dealkylation sites (tertiary alicyclic amines) is 1. The number of nitrogens with zero attached hydrogens (tertiary/aromatic N) is 5. The molecule has 1 N–H and O–H groups in total. The summed E-state index contributed by atoms with van der Waals surface area (Å²) in [7, 11) is 5.11. The van der Waals surface area contributed by atoms with Gasteiger partial charge in [-0.3, -0.25) is 9.20 Å². The molecule has 31 heavy (non-hydrogen) atoms. The largest absolute Gasteiger partial charge is 0.497 e. The monoisotopic (exact) mass is 422 g/mol. The molecule has 1 atom stereocenters. The Bertz CT molecular complexity index is 1110. The van der Waals surface area contributed by atoms with Crippen LogP contribution in [0.2, 0.25) is 0 Å². The lowest BCUT2D eigenvalue weighted by atomic mass is 10.1. The molecule has 3 amide bonds. The predicted octanol–water partition coefficient (Wildman–Crippen LogP) is 2.14. The number of aromatic nitrogens is 3. The molecular weight excluding hydrogens is 396 g/mol. The molecule has 0 radical (unpaired) electrons. The van der Waals surface area contributed by atoms with Crippen LogP contribution in [0.15, 0.2) is 42.6 Å². The number of hydrogen-bond acceptors (Lipinski definition) is 5. The molecule has 9 nitrogen and oxygen atoms in total. The van der Waals surface area contributed by atoms with Crippen molar-refractivity contribution in [1.82, 2.24) is 29.7 Å². The molecule has 4 rings (SSSR count). The van der Waals surface area contributed by atoms with E-state index in [9.17, 15) is 9.59 Å². The molecule has 0 unspecified atom stereocenters. The van der Waals surface area contributed by atoms with E-state index in [2.05, 4.69) is 15.5 Å². The first-order chi connectivity index (χ1) is 15.0. The quantitative estimate of drug-likeness (QED) is 0.680. The van der Waals surface area contributed by atoms with Crippen LogP contribution in [0.3, 0.4) is 0 Å². The van der Waals surface area contributed by atoms with Crippen LogP contribution < -0.4 is 10.1 Å². The summed E-state index contributed by atoms with van der Waals surface area (Å²) in [5, 5.41) is 11.5. The maximum Gasteiger partial charge on any atom is 0.319 e. The van der Waals surface area contributed by atoms with Crippen molar-refractivity contribution in [1.29, 1.82) is 0 Å².